The number of carbonyl (C=O) groups excluding carboxylic acids is 1. The Morgan fingerprint density at radius 3 is 2.29 bits per heavy atom. The molecule has 0 spiro atoms. The highest BCUT2D eigenvalue weighted by Crippen LogP contribution is 2.23. The van der Waals surface area contributed by atoms with Crippen LogP contribution in [0.5, 0.6) is 5.75 Å². The van der Waals surface area contributed by atoms with Gasteiger partial charge in [0.2, 0.25) is 0 Å². The van der Waals surface area contributed by atoms with Gasteiger partial charge in [0.15, 0.2) is 9.84 Å². The first-order valence-electron chi connectivity index (χ1n) is 5.87. The molecule has 2 N–H and O–H groups in total. The van der Waals surface area contributed by atoms with Gasteiger partial charge in [0, 0.05) is 16.4 Å². The molecular weight excluding hydrogens is 358 g/mol. The van der Waals surface area contributed by atoms with Crippen LogP contribution in [0, 0.1) is 0 Å². The molecule has 2 aromatic rings. The smallest absolute Gasteiger partial charge is 0.259 e. The number of rotatable bonds is 3. The Bertz CT molecular complexity index is 785. The fourth-order valence-electron chi connectivity index (χ4n) is 1.68. The van der Waals surface area contributed by atoms with Gasteiger partial charge in [-0.15, -0.1) is 0 Å². The first-order chi connectivity index (χ1) is 9.77. The van der Waals surface area contributed by atoms with Crippen LogP contribution in [-0.2, 0) is 9.84 Å². The van der Waals surface area contributed by atoms with E-state index in [9.17, 15) is 18.3 Å². The zero-order chi connectivity index (χ0) is 15.6. The van der Waals surface area contributed by atoms with Crippen LogP contribution in [0.15, 0.2) is 51.8 Å². The van der Waals surface area contributed by atoms with Crippen molar-refractivity contribution in [2.75, 3.05) is 11.6 Å². The quantitative estimate of drug-likeness (QED) is 0.870. The maximum atomic E-state index is 12.0. The highest BCUT2D eigenvalue weighted by molar-refractivity contribution is 9.10. The number of phenolic OH excluding ortho intramolecular Hbond substituents is 1. The average molecular weight is 370 g/mol. The van der Waals surface area contributed by atoms with Crippen molar-refractivity contribution in [2.24, 2.45) is 0 Å². The molecule has 0 aliphatic carbocycles. The number of hydrogen-bond donors (Lipinski definition) is 2. The molecule has 0 bridgehead atoms. The Morgan fingerprint density at radius 2 is 1.76 bits per heavy atom. The number of anilines is 1. The summed E-state index contributed by atoms with van der Waals surface area (Å²) in [5.74, 6) is -0.623. The van der Waals surface area contributed by atoms with Crippen LogP contribution in [0.1, 0.15) is 10.4 Å². The van der Waals surface area contributed by atoms with Crippen LogP contribution in [0.2, 0.25) is 0 Å². The van der Waals surface area contributed by atoms with E-state index in [-0.39, 0.29) is 16.2 Å². The summed E-state index contributed by atoms with van der Waals surface area (Å²) in [6.07, 6.45) is 1.11. The first-order valence-corrected chi connectivity index (χ1v) is 8.56. The minimum Gasteiger partial charge on any atom is -0.507 e. The fraction of sp³-hybridized carbons (Fsp3) is 0.0714. The van der Waals surface area contributed by atoms with E-state index < -0.39 is 15.7 Å². The van der Waals surface area contributed by atoms with E-state index in [4.69, 9.17) is 0 Å². The number of amides is 1. The Kier molecular flexibility index (Phi) is 4.34. The molecule has 0 unspecified atom stereocenters. The highest BCUT2D eigenvalue weighted by atomic mass is 79.9. The lowest BCUT2D eigenvalue weighted by atomic mass is 10.2. The Hall–Kier alpha value is -1.86. The maximum Gasteiger partial charge on any atom is 0.259 e. The molecule has 0 saturated heterocycles. The zero-order valence-electron chi connectivity index (χ0n) is 11.0. The van der Waals surface area contributed by atoms with Crippen LogP contribution < -0.4 is 5.32 Å². The highest BCUT2D eigenvalue weighted by Gasteiger charge is 2.12. The number of phenols is 1. The molecule has 0 aromatic heterocycles. The number of sulfone groups is 1. The Balaban J connectivity index is 2.20. The van der Waals surface area contributed by atoms with Crippen molar-refractivity contribution in [1.82, 2.24) is 0 Å². The van der Waals surface area contributed by atoms with Crippen molar-refractivity contribution < 1.29 is 18.3 Å². The number of carbonyl (C=O) groups is 1. The molecule has 7 heteroatoms. The molecule has 0 radical (unpaired) electrons. The van der Waals surface area contributed by atoms with Gasteiger partial charge < -0.3 is 10.4 Å². The maximum absolute atomic E-state index is 12.0. The molecule has 2 aromatic carbocycles. The second kappa shape index (κ2) is 5.87. The second-order valence-corrected chi connectivity index (χ2v) is 7.34. The number of benzene rings is 2. The van der Waals surface area contributed by atoms with Gasteiger partial charge in [-0.1, -0.05) is 15.9 Å². The fourth-order valence-corrected chi connectivity index (χ4v) is 2.66. The molecule has 0 aliphatic rings. The summed E-state index contributed by atoms with van der Waals surface area (Å²) in [5.41, 5.74) is 0.570. The first kappa shape index (κ1) is 15.5. The topological polar surface area (TPSA) is 83.5 Å². The molecule has 0 fully saturated rings. The van der Waals surface area contributed by atoms with E-state index >= 15 is 0 Å². The molecule has 0 aliphatic heterocycles. The van der Waals surface area contributed by atoms with E-state index in [1.54, 1.807) is 6.07 Å². The largest absolute Gasteiger partial charge is 0.507 e. The average Bonchev–Trinajstić information content (AvgIpc) is 2.38. The molecule has 5 nitrogen and oxygen atoms in total. The molecule has 0 atom stereocenters. The third-order valence-corrected chi connectivity index (χ3v) is 4.37. The van der Waals surface area contributed by atoms with Gasteiger partial charge >= 0.3 is 0 Å². The van der Waals surface area contributed by atoms with E-state index in [0.717, 1.165) is 6.26 Å². The Morgan fingerprint density at radius 1 is 1.14 bits per heavy atom. The van der Waals surface area contributed by atoms with Gasteiger partial charge in [-0.2, -0.15) is 0 Å². The van der Waals surface area contributed by atoms with Crippen molar-refractivity contribution in [3.8, 4) is 5.75 Å². The molecule has 0 heterocycles. The summed E-state index contributed by atoms with van der Waals surface area (Å²) in [6.45, 7) is 0. The van der Waals surface area contributed by atoms with Gasteiger partial charge in [0.25, 0.3) is 5.91 Å². The lowest BCUT2D eigenvalue weighted by Crippen LogP contribution is -2.12. The van der Waals surface area contributed by atoms with Crippen molar-refractivity contribution in [3.63, 3.8) is 0 Å². The third kappa shape index (κ3) is 3.83. The van der Waals surface area contributed by atoms with Crippen molar-refractivity contribution in [3.05, 3.63) is 52.5 Å². The summed E-state index contributed by atoms with van der Waals surface area (Å²) in [6, 6.07) is 10.3. The van der Waals surface area contributed by atoms with E-state index in [1.165, 1.54) is 36.4 Å². The lowest BCUT2D eigenvalue weighted by Gasteiger charge is -2.07. The summed E-state index contributed by atoms with van der Waals surface area (Å²) >= 11 is 3.19. The van der Waals surface area contributed by atoms with Gasteiger partial charge in [0.1, 0.15) is 5.75 Å². The summed E-state index contributed by atoms with van der Waals surface area (Å²) in [7, 11) is -3.27. The molecular formula is C14H12BrNO4S. The predicted molar refractivity (Wildman–Crippen MR) is 83.3 cm³/mol. The summed E-state index contributed by atoms with van der Waals surface area (Å²) in [4.78, 5) is 12.2. The SMILES string of the molecule is CS(=O)(=O)c1ccc(NC(=O)c2ccc(Br)cc2O)cc1. The van der Waals surface area contributed by atoms with E-state index in [2.05, 4.69) is 21.2 Å². The van der Waals surface area contributed by atoms with Crippen molar-refractivity contribution >= 4 is 37.4 Å². The van der Waals surface area contributed by atoms with Gasteiger partial charge in [-0.3, -0.25) is 4.79 Å². The number of halogens is 1. The van der Waals surface area contributed by atoms with Crippen LogP contribution in [0.3, 0.4) is 0 Å². The lowest BCUT2D eigenvalue weighted by molar-refractivity contribution is 0.102. The normalized spacial score (nSPS) is 11.1. The molecule has 0 saturated carbocycles. The predicted octanol–water partition coefficient (Wildman–Crippen LogP) is 2.81. The number of nitrogens with one attached hydrogen (secondary N) is 1. The molecule has 110 valence electrons. The van der Waals surface area contributed by atoms with Gasteiger partial charge in [-0.25, -0.2) is 8.42 Å². The van der Waals surface area contributed by atoms with Gasteiger partial charge in [-0.05, 0) is 42.5 Å². The monoisotopic (exact) mass is 369 g/mol. The Labute approximate surface area is 130 Å². The van der Waals surface area contributed by atoms with Crippen molar-refractivity contribution in [2.45, 2.75) is 4.90 Å². The molecule has 21 heavy (non-hydrogen) atoms. The number of aromatic hydroxyl groups is 1. The van der Waals surface area contributed by atoms with Crippen LogP contribution in [0.4, 0.5) is 5.69 Å². The summed E-state index contributed by atoms with van der Waals surface area (Å²) in [5, 5.41) is 12.3. The minimum atomic E-state index is -3.27. The summed E-state index contributed by atoms with van der Waals surface area (Å²) < 4.78 is 23.3. The van der Waals surface area contributed by atoms with Crippen molar-refractivity contribution in [1.29, 1.82) is 0 Å². The van der Waals surface area contributed by atoms with Gasteiger partial charge in [0.05, 0.1) is 10.5 Å². The number of hydrogen-bond acceptors (Lipinski definition) is 4. The standard InChI is InChI=1S/C14H12BrNO4S/c1-21(19,20)11-5-3-10(4-6-11)16-14(18)12-7-2-9(15)8-13(12)17/h2-8,17H,1H3,(H,16,18). The van der Waals surface area contributed by atoms with Crippen LogP contribution in [-0.4, -0.2) is 25.7 Å². The van der Waals surface area contributed by atoms with Crippen LogP contribution >= 0.6 is 15.9 Å². The molecule has 2 rings (SSSR count). The van der Waals surface area contributed by atoms with E-state index in [0.29, 0.717) is 10.2 Å². The van der Waals surface area contributed by atoms with E-state index in [1.807, 2.05) is 0 Å². The third-order valence-electron chi connectivity index (χ3n) is 2.74. The minimum absolute atomic E-state index is 0.130. The zero-order valence-corrected chi connectivity index (χ0v) is 13.4. The van der Waals surface area contributed by atoms with Crippen LogP contribution in [0.25, 0.3) is 0 Å². The molecule has 1 amide bonds. The second-order valence-electron chi connectivity index (χ2n) is 4.41.